The number of benzene rings is 2. The second-order valence-electron chi connectivity index (χ2n) is 6.66. The third-order valence-electron chi connectivity index (χ3n) is 4.40. The van der Waals surface area contributed by atoms with Gasteiger partial charge < -0.3 is 20.4 Å². The fourth-order valence-corrected chi connectivity index (χ4v) is 3.57. The maximum atomic E-state index is 13.1. The van der Waals surface area contributed by atoms with Gasteiger partial charge in [-0.05, 0) is 54.0 Å². The lowest BCUT2D eigenvalue weighted by Gasteiger charge is -2.23. The normalized spacial score (nSPS) is 15.9. The summed E-state index contributed by atoms with van der Waals surface area (Å²) in [6, 6.07) is 9.04. The van der Waals surface area contributed by atoms with E-state index in [0.717, 1.165) is 11.1 Å². The topological polar surface area (TPSA) is 90.8 Å². The van der Waals surface area contributed by atoms with Crippen LogP contribution in [0.3, 0.4) is 0 Å². The van der Waals surface area contributed by atoms with Crippen LogP contribution in [0.2, 0.25) is 10.0 Å². The van der Waals surface area contributed by atoms with E-state index in [1.807, 2.05) is 0 Å². The van der Waals surface area contributed by atoms with Crippen molar-refractivity contribution in [2.24, 2.45) is 0 Å². The molecule has 1 amide bonds. The second kappa shape index (κ2) is 9.95. The summed E-state index contributed by atoms with van der Waals surface area (Å²) in [4.78, 5) is 11.6. The maximum absolute atomic E-state index is 13.1. The standard InChI is InChI=1S/C21H19Cl2FN2O4/c22-17-9-15(26-20(28)11-25-29)10-18(23)21(17)30-16-5-6-19(27)13(8-16)7-12-1-3-14(24)4-2-12/h1-6,9-10,16,25,27,29H,7-8,11H2,(H,26,28)/t16-/m0/s1. The number of amides is 1. The first-order valence-electron chi connectivity index (χ1n) is 9.02. The Kier molecular flexibility index (Phi) is 7.33. The fraction of sp³-hybridized carbons (Fsp3) is 0.190. The molecule has 6 nitrogen and oxygen atoms in total. The van der Waals surface area contributed by atoms with Gasteiger partial charge in [-0.25, -0.2) is 4.39 Å². The molecule has 4 N–H and O–H groups in total. The number of aliphatic hydroxyl groups excluding tert-OH is 1. The number of ether oxygens (including phenoxy) is 1. The van der Waals surface area contributed by atoms with E-state index < -0.39 is 12.0 Å². The molecule has 0 fully saturated rings. The Morgan fingerprint density at radius 1 is 1.20 bits per heavy atom. The molecule has 0 bridgehead atoms. The van der Waals surface area contributed by atoms with Gasteiger partial charge in [-0.15, -0.1) is 0 Å². The van der Waals surface area contributed by atoms with Gasteiger partial charge in [0.2, 0.25) is 5.91 Å². The Morgan fingerprint density at radius 2 is 1.87 bits per heavy atom. The lowest BCUT2D eigenvalue weighted by molar-refractivity contribution is -0.116. The molecule has 0 spiro atoms. The molecule has 30 heavy (non-hydrogen) atoms. The molecule has 0 unspecified atom stereocenters. The minimum atomic E-state index is -0.473. The Bertz CT molecular complexity index is 970. The summed E-state index contributed by atoms with van der Waals surface area (Å²) in [5, 5.41) is 21.7. The Labute approximate surface area is 182 Å². The van der Waals surface area contributed by atoms with E-state index in [9.17, 15) is 14.3 Å². The average Bonchev–Trinajstić information content (AvgIpc) is 2.69. The first-order chi connectivity index (χ1) is 14.4. The highest BCUT2D eigenvalue weighted by molar-refractivity contribution is 6.37. The van der Waals surface area contributed by atoms with Gasteiger partial charge in [0.1, 0.15) is 24.2 Å². The zero-order valence-corrected chi connectivity index (χ0v) is 17.2. The van der Waals surface area contributed by atoms with Crippen molar-refractivity contribution < 1.29 is 24.2 Å². The predicted octanol–water partition coefficient (Wildman–Crippen LogP) is 4.81. The van der Waals surface area contributed by atoms with Crippen LogP contribution in [0.1, 0.15) is 12.0 Å². The van der Waals surface area contributed by atoms with E-state index in [2.05, 4.69) is 5.32 Å². The largest absolute Gasteiger partial charge is 0.508 e. The highest BCUT2D eigenvalue weighted by atomic mass is 35.5. The molecule has 1 atom stereocenters. The number of hydroxylamine groups is 1. The molecular formula is C21H19Cl2FN2O4. The molecule has 0 saturated heterocycles. The van der Waals surface area contributed by atoms with Crippen LogP contribution in [-0.4, -0.2) is 28.9 Å². The average molecular weight is 453 g/mol. The van der Waals surface area contributed by atoms with E-state index >= 15 is 0 Å². The summed E-state index contributed by atoms with van der Waals surface area (Å²) in [7, 11) is 0. The third kappa shape index (κ3) is 5.73. The molecule has 9 heteroatoms. The van der Waals surface area contributed by atoms with E-state index in [-0.39, 0.29) is 33.9 Å². The zero-order chi connectivity index (χ0) is 21.7. The van der Waals surface area contributed by atoms with Gasteiger partial charge in [-0.3, -0.25) is 4.79 Å². The second-order valence-corrected chi connectivity index (χ2v) is 7.48. The minimum absolute atomic E-state index is 0.145. The lowest BCUT2D eigenvalue weighted by atomic mass is 9.95. The van der Waals surface area contributed by atoms with Crippen LogP contribution in [0, 0.1) is 5.82 Å². The monoisotopic (exact) mass is 452 g/mol. The van der Waals surface area contributed by atoms with Crippen LogP contribution in [0.4, 0.5) is 10.1 Å². The van der Waals surface area contributed by atoms with E-state index in [1.54, 1.807) is 29.8 Å². The van der Waals surface area contributed by atoms with Crippen LogP contribution in [0.25, 0.3) is 0 Å². The highest BCUT2D eigenvalue weighted by Gasteiger charge is 2.21. The van der Waals surface area contributed by atoms with Gasteiger partial charge in [-0.1, -0.05) is 35.3 Å². The molecule has 0 saturated carbocycles. The number of halogens is 3. The smallest absolute Gasteiger partial charge is 0.240 e. The minimum Gasteiger partial charge on any atom is -0.508 e. The number of nitrogens with one attached hydrogen (secondary N) is 2. The number of anilines is 1. The summed E-state index contributed by atoms with van der Waals surface area (Å²) in [6.07, 6.45) is 3.66. The third-order valence-corrected chi connectivity index (χ3v) is 4.96. The molecule has 0 aromatic heterocycles. The molecule has 158 valence electrons. The van der Waals surface area contributed by atoms with Gasteiger partial charge in [-0.2, -0.15) is 5.48 Å². The van der Waals surface area contributed by atoms with Gasteiger partial charge in [0.15, 0.2) is 5.75 Å². The summed E-state index contributed by atoms with van der Waals surface area (Å²) in [6.45, 7) is -0.285. The molecule has 1 aliphatic rings. The van der Waals surface area contributed by atoms with Gasteiger partial charge in [0.05, 0.1) is 10.0 Å². The highest BCUT2D eigenvalue weighted by Crippen LogP contribution is 2.38. The van der Waals surface area contributed by atoms with Crippen LogP contribution in [0.15, 0.2) is 59.9 Å². The van der Waals surface area contributed by atoms with E-state index in [0.29, 0.717) is 18.5 Å². The quantitative estimate of drug-likeness (QED) is 0.452. The molecule has 1 aliphatic carbocycles. The number of hydrogen-bond acceptors (Lipinski definition) is 5. The van der Waals surface area contributed by atoms with E-state index in [1.165, 1.54) is 24.3 Å². The van der Waals surface area contributed by atoms with Crippen molar-refractivity contribution in [3.8, 4) is 5.75 Å². The lowest BCUT2D eigenvalue weighted by Crippen LogP contribution is -2.25. The molecule has 2 aromatic carbocycles. The van der Waals surface area contributed by atoms with Crippen molar-refractivity contribution in [2.45, 2.75) is 18.9 Å². The van der Waals surface area contributed by atoms with Gasteiger partial charge >= 0.3 is 0 Å². The predicted molar refractivity (Wildman–Crippen MR) is 113 cm³/mol. The molecule has 3 rings (SSSR count). The van der Waals surface area contributed by atoms with Gasteiger partial charge in [0, 0.05) is 12.1 Å². The number of carbonyl (C=O) groups is 1. The van der Waals surface area contributed by atoms with Crippen molar-refractivity contribution >= 4 is 34.8 Å². The first kappa shape index (κ1) is 22.1. The SMILES string of the molecule is O=C(CNO)Nc1cc(Cl)c(O[C@H]2C=CC(O)=C(Cc3ccc(F)cc3)C2)c(Cl)c1. The van der Waals surface area contributed by atoms with Crippen LogP contribution >= 0.6 is 23.2 Å². The van der Waals surface area contributed by atoms with Crippen LogP contribution in [-0.2, 0) is 11.2 Å². The van der Waals surface area contributed by atoms with Crippen molar-refractivity contribution in [1.29, 1.82) is 0 Å². The zero-order valence-electron chi connectivity index (χ0n) is 15.7. The maximum Gasteiger partial charge on any atom is 0.240 e. The number of allylic oxidation sites excluding steroid dienone is 1. The molecule has 0 radical (unpaired) electrons. The van der Waals surface area contributed by atoms with Gasteiger partial charge in [0.25, 0.3) is 0 Å². The summed E-state index contributed by atoms with van der Waals surface area (Å²) in [5.74, 6) is -0.404. The number of aliphatic hydroxyl groups is 1. The number of carbonyl (C=O) groups excluding carboxylic acids is 1. The van der Waals surface area contributed by atoms with Crippen molar-refractivity contribution in [1.82, 2.24) is 5.48 Å². The molecule has 0 heterocycles. The Balaban J connectivity index is 1.70. The fourth-order valence-electron chi connectivity index (χ4n) is 3.00. The first-order valence-corrected chi connectivity index (χ1v) is 9.77. The van der Waals surface area contributed by atoms with Crippen LogP contribution < -0.4 is 15.5 Å². The Hall–Kier alpha value is -2.58. The Morgan fingerprint density at radius 3 is 2.50 bits per heavy atom. The number of hydrogen-bond donors (Lipinski definition) is 4. The molecular weight excluding hydrogens is 434 g/mol. The van der Waals surface area contributed by atoms with E-state index in [4.69, 9.17) is 33.1 Å². The molecule has 0 aliphatic heterocycles. The number of rotatable bonds is 7. The van der Waals surface area contributed by atoms with Crippen molar-refractivity contribution in [2.75, 3.05) is 11.9 Å². The summed E-state index contributed by atoms with van der Waals surface area (Å²) < 4.78 is 19.0. The molecule has 2 aromatic rings. The summed E-state index contributed by atoms with van der Waals surface area (Å²) >= 11 is 12.6. The van der Waals surface area contributed by atoms with Crippen molar-refractivity contribution in [3.05, 3.63) is 81.3 Å². The van der Waals surface area contributed by atoms with Crippen LogP contribution in [0.5, 0.6) is 5.75 Å². The summed E-state index contributed by atoms with van der Waals surface area (Å²) in [5.41, 5.74) is 3.71. The van der Waals surface area contributed by atoms with Crippen molar-refractivity contribution in [3.63, 3.8) is 0 Å².